The highest BCUT2D eigenvalue weighted by atomic mass is 16.1. The molecule has 0 radical (unpaired) electrons. The molecule has 1 heterocycles. The standard InChI is InChI=1S/C18H19N3O/c1-3-17-20-15-11-14(9-10-16(15)21(17)2)18(22)19-12-13-7-5-4-6-8-13/h4-11H,3,12H2,1-2H3,(H,19,22). The van der Waals surface area contributed by atoms with Crippen molar-refractivity contribution in [3.8, 4) is 0 Å². The van der Waals surface area contributed by atoms with E-state index in [2.05, 4.69) is 21.8 Å². The van der Waals surface area contributed by atoms with E-state index in [1.807, 2.05) is 55.6 Å². The fraction of sp³-hybridized carbons (Fsp3) is 0.222. The number of carbonyl (C=O) groups excluding carboxylic acids is 1. The van der Waals surface area contributed by atoms with Crippen LogP contribution in [0.3, 0.4) is 0 Å². The molecule has 4 heteroatoms. The molecule has 112 valence electrons. The summed E-state index contributed by atoms with van der Waals surface area (Å²) in [5, 5.41) is 2.94. The van der Waals surface area contributed by atoms with E-state index in [9.17, 15) is 4.79 Å². The first-order chi connectivity index (χ1) is 10.7. The van der Waals surface area contributed by atoms with Gasteiger partial charge in [-0.2, -0.15) is 0 Å². The molecule has 0 fully saturated rings. The maximum absolute atomic E-state index is 12.3. The molecule has 1 amide bonds. The number of benzene rings is 2. The lowest BCUT2D eigenvalue weighted by molar-refractivity contribution is 0.0951. The number of hydrogen-bond acceptors (Lipinski definition) is 2. The molecule has 3 aromatic rings. The Kier molecular flexibility index (Phi) is 3.92. The Labute approximate surface area is 129 Å². The van der Waals surface area contributed by atoms with Crippen LogP contribution in [0, 0.1) is 0 Å². The smallest absolute Gasteiger partial charge is 0.251 e. The van der Waals surface area contributed by atoms with Crippen LogP contribution >= 0.6 is 0 Å². The first-order valence-corrected chi connectivity index (χ1v) is 7.46. The molecular formula is C18H19N3O. The molecule has 0 spiro atoms. The Morgan fingerprint density at radius 3 is 2.68 bits per heavy atom. The lowest BCUT2D eigenvalue weighted by atomic mass is 10.1. The summed E-state index contributed by atoms with van der Waals surface area (Å²) < 4.78 is 2.07. The summed E-state index contributed by atoms with van der Waals surface area (Å²) in [4.78, 5) is 16.9. The second-order valence-electron chi connectivity index (χ2n) is 5.31. The van der Waals surface area contributed by atoms with Crippen LogP contribution in [-0.2, 0) is 20.0 Å². The van der Waals surface area contributed by atoms with Gasteiger partial charge in [-0.3, -0.25) is 4.79 Å². The van der Waals surface area contributed by atoms with Crippen molar-refractivity contribution in [1.29, 1.82) is 0 Å². The molecule has 3 rings (SSSR count). The number of hydrogen-bond donors (Lipinski definition) is 1. The molecule has 0 unspecified atom stereocenters. The number of rotatable bonds is 4. The van der Waals surface area contributed by atoms with Crippen LogP contribution in [0.2, 0.25) is 0 Å². The topological polar surface area (TPSA) is 46.9 Å². The van der Waals surface area contributed by atoms with Crippen molar-refractivity contribution in [2.75, 3.05) is 0 Å². The predicted octanol–water partition coefficient (Wildman–Crippen LogP) is 3.07. The van der Waals surface area contributed by atoms with Gasteiger partial charge in [0.05, 0.1) is 11.0 Å². The molecule has 1 aromatic heterocycles. The highest BCUT2D eigenvalue weighted by Gasteiger charge is 2.10. The fourth-order valence-electron chi connectivity index (χ4n) is 2.59. The lowest BCUT2D eigenvalue weighted by Gasteiger charge is -2.05. The molecule has 22 heavy (non-hydrogen) atoms. The van der Waals surface area contributed by atoms with E-state index in [1.54, 1.807) is 0 Å². The summed E-state index contributed by atoms with van der Waals surface area (Å²) in [5.74, 6) is 0.950. The summed E-state index contributed by atoms with van der Waals surface area (Å²) in [5.41, 5.74) is 3.65. The molecule has 0 aliphatic carbocycles. The number of carbonyl (C=O) groups is 1. The number of nitrogens with one attached hydrogen (secondary N) is 1. The Hall–Kier alpha value is -2.62. The van der Waals surface area contributed by atoms with Gasteiger partial charge in [-0.1, -0.05) is 37.3 Å². The molecular weight excluding hydrogens is 274 g/mol. The van der Waals surface area contributed by atoms with Gasteiger partial charge < -0.3 is 9.88 Å². The summed E-state index contributed by atoms with van der Waals surface area (Å²) in [7, 11) is 2.00. The van der Waals surface area contributed by atoms with Gasteiger partial charge in [-0.05, 0) is 23.8 Å². The molecule has 0 aliphatic rings. The maximum Gasteiger partial charge on any atom is 0.251 e. The normalized spacial score (nSPS) is 10.8. The minimum atomic E-state index is -0.0746. The third-order valence-electron chi connectivity index (χ3n) is 3.85. The van der Waals surface area contributed by atoms with E-state index < -0.39 is 0 Å². The number of aromatic nitrogens is 2. The monoisotopic (exact) mass is 293 g/mol. The van der Waals surface area contributed by atoms with Gasteiger partial charge in [0, 0.05) is 25.6 Å². The van der Waals surface area contributed by atoms with E-state index in [0.717, 1.165) is 28.8 Å². The Bertz CT molecular complexity index is 806. The lowest BCUT2D eigenvalue weighted by Crippen LogP contribution is -2.22. The number of nitrogens with zero attached hydrogens (tertiary/aromatic N) is 2. The minimum Gasteiger partial charge on any atom is -0.348 e. The van der Waals surface area contributed by atoms with E-state index in [0.29, 0.717) is 12.1 Å². The molecule has 1 N–H and O–H groups in total. The van der Waals surface area contributed by atoms with Gasteiger partial charge in [-0.15, -0.1) is 0 Å². The highest BCUT2D eigenvalue weighted by molar-refractivity contribution is 5.97. The molecule has 0 atom stereocenters. The van der Waals surface area contributed by atoms with E-state index in [-0.39, 0.29) is 5.91 Å². The van der Waals surface area contributed by atoms with Crippen LogP contribution in [0.5, 0.6) is 0 Å². The summed E-state index contributed by atoms with van der Waals surface area (Å²) in [6.45, 7) is 2.61. The van der Waals surface area contributed by atoms with Crippen LogP contribution < -0.4 is 5.32 Å². The summed E-state index contributed by atoms with van der Waals surface area (Å²) >= 11 is 0. The highest BCUT2D eigenvalue weighted by Crippen LogP contribution is 2.17. The maximum atomic E-state index is 12.3. The molecule has 0 aliphatic heterocycles. The van der Waals surface area contributed by atoms with Gasteiger partial charge in [0.1, 0.15) is 5.82 Å². The number of imidazole rings is 1. The first kappa shape index (κ1) is 14.3. The number of aryl methyl sites for hydroxylation is 2. The van der Waals surface area contributed by atoms with Crippen molar-refractivity contribution in [2.45, 2.75) is 19.9 Å². The Morgan fingerprint density at radius 2 is 1.95 bits per heavy atom. The van der Waals surface area contributed by atoms with Gasteiger partial charge in [0.25, 0.3) is 5.91 Å². The van der Waals surface area contributed by atoms with Crippen LogP contribution in [0.15, 0.2) is 48.5 Å². The summed E-state index contributed by atoms with van der Waals surface area (Å²) in [6, 6.07) is 15.6. The van der Waals surface area contributed by atoms with Crippen molar-refractivity contribution >= 4 is 16.9 Å². The minimum absolute atomic E-state index is 0.0746. The number of amides is 1. The van der Waals surface area contributed by atoms with E-state index in [4.69, 9.17) is 0 Å². The van der Waals surface area contributed by atoms with Gasteiger partial charge in [0.15, 0.2) is 0 Å². The van der Waals surface area contributed by atoms with Gasteiger partial charge in [-0.25, -0.2) is 4.98 Å². The second-order valence-corrected chi connectivity index (χ2v) is 5.31. The first-order valence-electron chi connectivity index (χ1n) is 7.46. The van der Waals surface area contributed by atoms with Crippen molar-refractivity contribution in [3.63, 3.8) is 0 Å². The zero-order chi connectivity index (χ0) is 15.5. The van der Waals surface area contributed by atoms with Gasteiger partial charge in [0.2, 0.25) is 0 Å². The van der Waals surface area contributed by atoms with Crippen LogP contribution in [-0.4, -0.2) is 15.5 Å². The van der Waals surface area contributed by atoms with Crippen molar-refractivity contribution in [1.82, 2.24) is 14.9 Å². The average Bonchev–Trinajstić information content (AvgIpc) is 2.89. The second kappa shape index (κ2) is 6.02. The van der Waals surface area contributed by atoms with Crippen molar-refractivity contribution in [2.24, 2.45) is 7.05 Å². The SMILES string of the molecule is CCc1nc2cc(C(=O)NCc3ccccc3)ccc2n1C. The largest absolute Gasteiger partial charge is 0.348 e. The van der Waals surface area contributed by atoms with Crippen LogP contribution in [0.25, 0.3) is 11.0 Å². The Morgan fingerprint density at radius 1 is 1.18 bits per heavy atom. The molecule has 2 aromatic carbocycles. The molecule has 0 saturated carbocycles. The number of fused-ring (bicyclic) bond motifs is 1. The average molecular weight is 293 g/mol. The van der Waals surface area contributed by atoms with Gasteiger partial charge >= 0.3 is 0 Å². The molecule has 0 bridgehead atoms. The third kappa shape index (κ3) is 2.72. The molecule has 4 nitrogen and oxygen atoms in total. The zero-order valence-electron chi connectivity index (χ0n) is 12.8. The van der Waals surface area contributed by atoms with Crippen molar-refractivity contribution in [3.05, 3.63) is 65.5 Å². The summed E-state index contributed by atoms with van der Waals surface area (Å²) in [6.07, 6.45) is 0.876. The third-order valence-corrected chi connectivity index (χ3v) is 3.85. The fourth-order valence-corrected chi connectivity index (χ4v) is 2.59. The van der Waals surface area contributed by atoms with E-state index >= 15 is 0 Å². The predicted molar refractivity (Wildman–Crippen MR) is 87.7 cm³/mol. The van der Waals surface area contributed by atoms with Crippen LogP contribution in [0.1, 0.15) is 28.7 Å². The van der Waals surface area contributed by atoms with Crippen LogP contribution in [0.4, 0.5) is 0 Å². The molecule has 0 saturated heterocycles. The van der Waals surface area contributed by atoms with Crippen molar-refractivity contribution < 1.29 is 4.79 Å². The van der Waals surface area contributed by atoms with E-state index in [1.165, 1.54) is 0 Å². The zero-order valence-corrected chi connectivity index (χ0v) is 12.8. The quantitative estimate of drug-likeness (QED) is 0.803. The Balaban J connectivity index is 1.79.